The maximum absolute atomic E-state index is 3.31. The van der Waals surface area contributed by atoms with Gasteiger partial charge >= 0.3 is 0 Å². The molecule has 2 aliphatic carbocycles. The van der Waals surface area contributed by atoms with Gasteiger partial charge in [-0.15, -0.1) is 0 Å². The number of benzene rings is 1. The molecule has 0 atom stereocenters. The molecule has 2 aliphatic rings. The molecule has 0 bridgehead atoms. The van der Waals surface area contributed by atoms with E-state index in [4.69, 9.17) is 0 Å². The largest absolute Gasteiger partial charge is 0.368 e. The van der Waals surface area contributed by atoms with Gasteiger partial charge in [0.15, 0.2) is 0 Å². The van der Waals surface area contributed by atoms with E-state index in [1.54, 1.807) is 0 Å². The molecule has 2 heteroatoms. The van der Waals surface area contributed by atoms with Gasteiger partial charge in [-0.1, -0.05) is 17.7 Å². The summed E-state index contributed by atoms with van der Waals surface area (Å²) in [6.45, 7) is 4.45. The SMILES string of the molecule is CNCc1cc(C)ccc1N(CC1CC1)C1CC1. The molecule has 1 aromatic rings. The van der Waals surface area contributed by atoms with Crippen molar-refractivity contribution in [1.82, 2.24) is 5.32 Å². The summed E-state index contributed by atoms with van der Waals surface area (Å²) in [4.78, 5) is 2.68. The van der Waals surface area contributed by atoms with Crippen LogP contribution in [0.25, 0.3) is 0 Å². The molecule has 2 saturated carbocycles. The molecular formula is C16H24N2. The number of nitrogens with one attached hydrogen (secondary N) is 1. The molecule has 0 aromatic heterocycles. The van der Waals surface area contributed by atoms with E-state index >= 15 is 0 Å². The van der Waals surface area contributed by atoms with Crippen LogP contribution in [0, 0.1) is 12.8 Å². The lowest BCUT2D eigenvalue weighted by Gasteiger charge is -2.27. The zero-order valence-electron chi connectivity index (χ0n) is 11.6. The van der Waals surface area contributed by atoms with Crippen LogP contribution in [0.15, 0.2) is 18.2 Å². The van der Waals surface area contributed by atoms with Gasteiger partial charge in [-0.2, -0.15) is 0 Å². The summed E-state index contributed by atoms with van der Waals surface area (Å²) in [6.07, 6.45) is 5.66. The first-order chi connectivity index (χ1) is 8.78. The highest BCUT2D eigenvalue weighted by molar-refractivity contribution is 5.56. The number of hydrogen-bond acceptors (Lipinski definition) is 2. The average Bonchev–Trinajstić information content (AvgIpc) is 3.22. The van der Waals surface area contributed by atoms with E-state index in [0.717, 1.165) is 18.5 Å². The topological polar surface area (TPSA) is 15.3 Å². The van der Waals surface area contributed by atoms with Crippen molar-refractivity contribution in [3.8, 4) is 0 Å². The summed E-state index contributed by atoms with van der Waals surface area (Å²) in [5, 5.41) is 3.31. The number of hydrogen-bond donors (Lipinski definition) is 1. The predicted octanol–water partition coefficient (Wildman–Crippen LogP) is 3.09. The number of rotatable bonds is 6. The minimum absolute atomic E-state index is 0.823. The van der Waals surface area contributed by atoms with Gasteiger partial charge in [-0.05, 0) is 57.2 Å². The molecule has 0 saturated heterocycles. The molecule has 0 spiro atoms. The summed E-state index contributed by atoms with van der Waals surface area (Å²) >= 11 is 0. The Bertz CT molecular complexity index is 419. The third kappa shape index (κ3) is 2.69. The van der Waals surface area contributed by atoms with Gasteiger partial charge in [0, 0.05) is 24.8 Å². The summed E-state index contributed by atoms with van der Waals surface area (Å²) < 4.78 is 0. The van der Waals surface area contributed by atoms with E-state index in [1.165, 1.54) is 49.0 Å². The fraction of sp³-hybridized carbons (Fsp3) is 0.625. The average molecular weight is 244 g/mol. The molecule has 0 unspecified atom stereocenters. The Morgan fingerprint density at radius 1 is 1.22 bits per heavy atom. The molecule has 18 heavy (non-hydrogen) atoms. The molecular weight excluding hydrogens is 220 g/mol. The standard InChI is InChI=1S/C16H24N2/c1-12-3-8-16(14(9-12)10-17-2)18(15-6-7-15)11-13-4-5-13/h3,8-9,13,15,17H,4-7,10-11H2,1-2H3. The molecule has 0 aliphatic heterocycles. The van der Waals surface area contributed by atoms with E-state index in [0.29, 0.717) is 0 Å². The van der Waals surface area contributed by atoms with Crippen molar-refractivity contribution in [3.05, 3.63) is 29.3 Å². The molecule has 1 N–H and O–H groups in total. The van der Waals surface area contributed by atoms with Crippen molar-refractivity contribution in [2.24, 2.45) is 5.92 Å². The maximum atomic E-state index is 3.31. The van der Waals surface area contributed by atoms with Gasteiger partial charge in [0.1, 0.15) is 0 Å². The van der Waals surface area contributed by atoms with E-state index in [9.17, 15) is 0 Å². The molecule has 98 valence electrons. The second kappa shape index (κ2) is 4.93. The highest BCUT2D eigenvalue weighted by Gasteiger charge is 2.34. The van der Waals surface area contributed by atoms with E-state index in [2.05, 4.69) is 35.3 Å². The van der Waals surface area contributed by atoms with Gasteiger partial charge in [0.25, 0.3) is 0 Å². The Labute approximate surface area is 110 Å². The highest BCUT2D eigenvalue weighted by Crippen LogP contribution is 2.39. The summed E-state index contributed by atoms with van der Waals surface area (Å²) in [7, 11) is 2.04. The third-order valence-corrected chi connectivity index (χ3v) is 4.05. The minimum Gasteiger partial charge on any atom is -0.368 e. The van der Waals surface area contributed by atoms with Crippen molar-refractivity contribution >= 4 is 5.69 Å². The lowest BCUT2D eigenvalue weighted by Crippen LogP contribution is -2.29. The van der Waals surface area contributed by atoms with Crippen LogP contribution in [0.1, 0.15) is 36.8 Å². The normalized spacial score (nSPS) is 19.0. The van der Waals surface area contributed by atoms with E-state index in [-0.39, 0.29) is 0 Å². The lowest BCUT2D eigenvalue weighted by molar-refractivity contribution is 0.708. The summed E-state index contributed by atoms with van der Waals surface area (Å²) in [5.41, 5.74) is 4.31. The third-order valence-electron chi connectivity index (χ3n) is 4.05. The smallest absolute Gasteiger partial charge is 0.0414 e. The molecule has 0 radical (unpaired) electrons. The second-order valence-corrected chi connectivity index (χ2v) is 5.99. The van der Waals surface area contributed by atoms with Gasteiger partial charge in [0.2, 0.25) is 0 Å². The first kappa shape index (κ1) is 12.0. The summed E-state index contributed by atoms with van der Waals surface area (Å²) in [5.74, 6) is 0.967. The van der Waals surface area contributed by atoms with Crippen LogP contribution in [0.4, 0.5) is 5.69 Å². The van der Waals surface area contributed by atoms with Gasteiger partial charge in [-0.25, -0.2) is 0 Å². The van der Waals surface area contributed by atoms with Crippen molar-refractivity contribution < 1.29 is 0 Å². The second-order valence-electron chi connectivity index (χ2n) is 5.99. The Morgan fingerprint density at radius 3 is 2.61 bits per heavy atom. The molecule has 0 heterocycles. The Balaban J connectivity index is 1.86. The monoisotopic (exact) mass is 244 g/mol. The van der Waals surface area contributed by atoms with Crippen LogP contribution in [0.3, 0.4) is 0 Å². The first-order valence-electron chi connectivity index (χ1n) is 7.28. The molecule has 0 amide bonds. The lowest BCUT2D eigenvalue weighted by atomic mass is 10.1. The molecule has 2 fully saturated rings. The number of aryl methyl sites for hydroxylation is 1. The fourth-order valence-electron chi connectivity index (χ4n) is 2.74. The molecule has 2 nitrogen and oxygen atoms in total. The number of nitrogens with zero attached hydrogens (tertiary/aromatic N) is 1. The zero-order valence-corrected chi connectivity index (χ0v) is 11.6. The van der Waals surface area contributed by atoms with Crippen LogP contribution < -0.4 is 10.2 Å². The fourth-order valence-corrected chi connectivity index (χ4v) is 2.74. The van der Waals surface area contributed by atoms with E-state index < -0.39 is 0 Å². The van der Waals surface area contributed by atoms with Crippen LogP contribution in [-0.4, -0.2) is 19.6 Å². The zero-order chi connectivity index (χ0) is 12.5. The van der Waals surface area contributed by atoms with Crippen molar-refractivity contribution in [3.63, 3.8) is 0 Å². The molecule has 3 rings (SSSR count). The Hall–Kier alpha value is -1.02. The first-order valence-corrected chi connectivity index (χ1v) is 7.28. The highest BCUT2D eigenvalue weighted by atomic mass is 15.2. The maximum Gasteiger partial charge on any atom is 0.0414 e. The van der Waals surface area contributed by atoms with Crippen molar-refractivity contribution in [2.75, 3.05) is 18.5 Å². The van der Waals surface area contributed by atoms with Gasteiger partial charge < -0.3 is 10.2 Å². The molecule has 1 aromatic carbocycles. The summed E-state index contributed by atoms with van der Waals surface area (Å²) in [6, 6.07) is 7.76. The van der Waals surface area contributed by atoms with Crippen LogP contribution in [-0.2, 0) is 6.54 Å². The Morgan fingerprint density at radius 2 is 2.00 bits per heavy atom. The van der Waals surface area contributed by atoms with E-state index in [1.807, 2.05) is 7.05 Å². The van der Waals surface area contributed by atoms with Crippen LogP contribution in [0.5, 0.6) is 0 Å². The van der Waals surface area contributed by atoms with Gasteiger partial charge in [-0.3, -0.25) is 0 Å². The number of anilines is 1. The van der Waals surface area contributed by atoms with Crippen LogP contribution in [0.2, 0.25) is 0 Å². The minimum atomic E-state index is 0.823. The van der Waals surface area contributed by atoms with Crippen molar-refractivity contribution in [1.29, 1.82) is 0 Å². The van der Waals surface area contributed by atoms with Crippen LogP contribution >= 0.6 is 0 Å². The van der Waals surface area contributed by atoms with Gasteiger partial charge in [0.05, 0.1) is 0 Å². The predicted molar refractivity (Wildman–Crippen MR) is 77.0 cm³/mol. The van der Waals surface area contributed by atoms with Crippen molar-refractivity contribution in [2.45, 2.75) is 45.2 Å². The Kier molecular flexibility index (Phi) is 3.29. The quantitative estimate of drug-likeness (QED) is 0.827.